The molecular weight excluding hydrogens is 298 g/mol. The number of hydrogen-bond donors (Lipinski definition) is 1. The molecule has 0 aliphatic heterocycles. The van der Waals surface area contributed by atoms with Crippen LogP contribution in [0.3, 0.4) is 0 Å². The molecule has 0 bridgehead atoms. The monoisotopic (exact) mass is 313 g/mol. The minimum absolute atomic E-state index is 0.104. The van der Waals surface area contributed by atoms with Gasteiger partial charge in [0.05, 0.1) is 11.9 Å². The van der Waals surface area contributed by atoms with Crippen molar-refractivity contribution in [3.63, 3.8) is 0 Å². The first-order valence-electron chi connectivity index (χ1n) is 6.13. The minimum Gasteiger partial charge on any atom is -0.279 e. The van der Waals surface area contributed by atoms with E-state index >= 15 is 0 Å². The predicted molar refractivity (Wildman–Crippen MR) is 79.6 cm³/mol. The standard InChI is InChI=1S/C13H16ClN3O2S/c1-9(2)17-8-11(7-15-17)20(18,19)16-13-6-4-5-12(14)10(13)3/h4-9,16H,1-3H3. The van der Waals surface area contributed by atoms with E-state index in [1.165, 1.54) is 12.4 Å². The lowest BCUT2D eigenvalue weighted by atomic mass is 10.2. The molecular formula is C13H16ClN3O2S. The summed E-state index contributed by atoms with van der Waals surface area (Å²) in [6.07, 6.45) is 2.84. The molecule has 0 unspecified atom stereocenters. The van der Waals surface area contributed by atoms with Crippen LogP contribution in [0.4, 0.5) is 5.69 Å². The first-order valence-corrected chi connectivity index (χ1v) is 7.99. The SMILES string of the molecule is Cc1c(Cl)cccc1NS(=O)(=O)c1cnn(C(C)C)c1. The van der Waals surface area contributed by atoms with Crippen LogP contribution in [-0.2, 0) is 10.0 Å². The minimum atomic E-state index is -3.66. The van der Waals surface area contributed by atoms with Crippen LogP contribution in [-0.4, -0.2) is 18.2 Å². The molecule has 108 valence electrons. The summed E-state index contributed by atoms with van der Waals surface area (Å²) in [7, 11) is -3.66. The molecule has 1 aromatic heterocycles. The normalized spacial score (nSPS) is 11.8. The highest BCUT2D eigenvalue weighted by atomic mass is 35.5. The summed E-state index contributed by atoms with van der Waals surface area (Å²) in [5, 5.41) is 4.55. The number of hydrogen-bond acceptors (Lipinski definition) is 3. The van der Waals surface area contributed by atoms with Gasteiger partial charge < -0.3 is 0 Å². The van der Waals surface area contributed by atoms with Gasteiger partial charge in [0.2, 0.25) is 0 Å². The van der Waals surface area contributed by atoms with E-state index in [4.69, 9.17) is 11.6 Å². The maximum atomic E-state index is 12.3. The average Bonchev–Trinajstić information content (AvgIpc) is 2.85. The number of nitrogens with one attached hydrogen (secondary N) is 1. The van der Waals surface area contributed by atoms with Crippen molar-refractivity contribution in [1.82, 2.24) is 9.78 Å². The van der Waals surface area contributed by atoms with E-state index in [2.05, 4.69) is 9.82 Å². The van der Waals surface area contributed by atoms with Gasteiger partial charge in [0, 0.05) is 17.3 Å². The van der Waals surface area contributed by atoms with Crippen molar-refractivity contribution < 1.29 is 8.42 Å². The Morgan fingerprint density at radius 2 is 2.05 bits per heavy atom. The molecule has 5 nitrogen and oxygen atoms in total. The first-order chi connectivity index (χ1) is 9.31. The van der Waals surface area contributed by atoms with E-state index in [1.807, 2.05) is 13.8 Å². The van der Waals surface area contributed by atoms with Gasteiger partial charge in [0.15, 0.2) is 0 Å². The Hall–Kier alpha value is -1.53. The Morgan fingerprint density at radius 3 is 2.65 bits per heavy atom. The molecule has 1 N–H and O–H groups in total. The second-order valence-corrected chi connectivity index (χ2v) is 6.86. The number of anilines is 1. The fourth-order valence-electron chi connectivity index (χ4n) is 1.66. The second-order valence-electron chi connectivity index (χ2n) is 4.77. The van der Waals surface area contributed by atoms with Gasteiger partial charge in [-0.1, -0.05) is 17.7 Å². The number of aromatic nitrogens is 2. The Balaban J connectivity index is 2.33. The van der Waals surface area contributed by atoms with Crippen LogP contribution in [0.15, 0.2) is 35.5 Å². The van der Waals surface area contributed by atoms with Gasteiger partial charge >= 0.3 is 0 Å². The molecule has 7 heteroatoms. The predicted octanol–water partition coefficient (Wildman–Crippen LogP) is 3.23. The first kappa shape index (κ1) is 14.9. The van der Waals surface area contributed by atoms with Crippen molar-refractivity contribution in [2.75, 3.05) is 4.72 Å². The smallest absolute Gasteiger partial charge is 0.265 e. The third-order valence-corrected chi connectivity index (χ3v) is 4.66. The maximum Gasteiger partial charge on any atom is 0.265 e. The highest BCUT2D eigenvalue weighted by Gasteiger charge is 2.18. The maximum absolute atomic E-state index is 12.3. The molecule has 0 amide bonds. The van der Waals surface area contributed by atoms with Crippen LogP contribution in [0, 0.1) is 6.92 Å². The number of rotatable bonds is 4. The Morgan fingerprint density at radius 1 is 1.35 bits per heavy atom. The molecule has 2 aromatic rings. The fraction of sp³-hybridized carbons (Fsp3) is 0.308. The topological polar surface area (TPSA) is 64.0 Å². The van der Waals surface area contributed by atoms with Crippen molar-refractivity contribution in [3.8, 4) is 0 Å². The lowest BCUT2D eigenvalue weighted by Gasteiger charge is -2.10. The van der Waals surface area contributed by atoms with Gasteiger partial charge in [-0.25, -0.2) is 8.42 Å². The van der Waals surface area contributed by atoms with Crippen LogP contribution in [0.2, 0.25) is 5.02 Å². The molecule has 0 spiro atoms. The molecule has 0 saturated heterocycles. The van der Waals surface area contributed by atoms with Crippen molar-refractivity contribution in [3.05, 3.63) is 41.2 Å². The summed E-state index contributed by atoms with van der Waals surface area (Å²) in [6.45, 7) is 5.62. The molecule has 2 rings (SSSR count). The van der Waals surface area contributed by atoms with E-state index < -0.39 is 10.0 Å². The molecule has 0 atom stereocenters. The van der Waals surface area contributed by atoms with Crippen LogP contribution in [0.5, 0.6) is 0 Å². The zero-order chi connectivity index (χ0) is 14.9. The molecule has 0 fully saturated rings. The van der Waals surface area contributed by atoms with Gasteiger partial charge in [-0.2, -0.15) is 5.10 Å². The Kier molecular flexibility index (Phi) is 4.06. The molecule has 0 radical (unpaired) electrons. The number of nitrogens with zero attached hydrogens (tertiary/aromatic N) is 2. The van der Waals surface area contributed by atoms with Crippen LogP contribution >= 0.6 is 11.6 Å². The third-order valence-electron chi connectivity index (χ3n) is 2.93. The van der Waals surface area contributed by atoms with E-state index in [1.54, 1.807) is 29.8 Å². The van der Waals surface area contributed by atoms with Crippen molar-refractivity contribution in [2.45, 2.75) is 31.7 Å². The van der Waals surface area contributed by atoms with E-state index in [9.17, 15) is 8.42 Å². The Bertz CT molecular complexity index is 723. The average molecular weight is 314 g/mol. The number of halogens is 1. The second kappa shape index (κ2) is 5.46. The Labute approximate surface area is 123 Å². The zero-order valence-corrected chi connectivity index (χ0v) is 13.0. The van der Waals surface area contributed by atoms with E-state index in [0.717, 1.165) is 0 Å². The summed E-state index contributed by atoms with van der Waals surface area (Å²) >= 11 is 5.98. The van der Waals surface area contributed by atoms with Gasteiger partial charge in [-0.3, -0.25) is 9.40 Å². The van der Waals surface area contributed by atoms with Crippen LogP contribution in [0.25, 0.3) is 0 Å². The van der Waals surface area contributed by atoms with Gasteiger partial charge in [0.1, 0.15) is 4.90 Å². The summed E-state index contributed by atoms with van der Waals surface area (Å²) in [6, 6.07) is 5.19. The quantitative estimate of drug-likeness (QED) is 0.942. The largest absolute Gasteiger partial charge is 0.279 e. The van der Waals surface area contributed by atoms with Gasteiger partial charge in [-0.05, 0) is 38.5 Å². The molecule has 1 aromatic carbocycles. The molecule has 0 aliphatic rings. The summed E-state index contributed by atoms with van der Waals surface area (Å²) in [4.78, 5) is 0.130. The van der Waals surface area contributed by atoms with Crippen molar-refractivity contribution in [2.24, 2.45) is 0 Å². The molecule has 0 aliphatic carbocycles. The summed E-state index contributed by atoms with van der Waals surface area (Å²) in [5.74, 6) is 0. The highest BCUT2D eigenvalue weighted by Crippen LogP contribution is 2.25. The lowest BCUT2D eigenvalue weighted by molar-refractivity contribution is 0.531. The number of sulfonamides is 1. The van der Waals surface area contributed by atoms with Crippen LogP contribution < -0.4 is 4.72 Å². The van der Waals surface area contributed by atoms with Crippen LogP contribution in [0.1, 0.15) is 25.5 Å². The zero-order valence-electron chi connectivity index (χ0n) is 11.5. The van der Waals surface area contributed by atoms with E-state index in [0.29, 0.717) is 16.3 Å². The van der Waals surface area contributed by atoms with Crippen molar-refractivity contribution in [1.29, 1.82) is 0 Å². The van der Waals surface area contributed by atoms with Gasteiger partial charge in [-0.15, -0.1) is 0 Å². The lowest BCUT2D eigenvalue weighted by Crippen LogP contribution is -2.13. The summed E-state index contributed by atoms with van der Waals surface area (Å²) in [5.41, 5.74) is 1.16. The third kappa shape index (κ3) is 2.96. The molecule has 0 saturated carbocycles. The highest BCUT2D eigenvalue weighted by molar-refractivity contribution is 7.92. The molecule has 1 heterocycles. The summed E-state index contributed by atoms with van der Waals surface area (Å²) < 4.78 is 28.7. The number of benzene rings is 1. The fourth-order valence-corrected chi connectivity index (χ4v) is 2.90. The van der Waals surface area contributed by atoms with Gasteiger partial charge in [0.25, 0.3) is 10.0 Å². The van der Waals surface area contributed by atoms with E-state index in [-0.39, 0.29) is 10.9 Å². The molecule has 20 heavy (non-hydrogen) atoms. The van der Waals surface area contributed by atoms with Crippen molar-refractivity contribution >= 4 is 27.3 Å².